The molecule has 1 spiro atoms. The molecule has 1 aromatic carbocycles. The van der Waals surface area contributed by atoms with Gasteiger partial charge in [0.1, 0.15) is 11.4 Å². The second kappa shape index (κ2) is 8.06. The third-order valence-corrected chi connectivity index (χ3v) is 6.58. The van der Waals surface area contributed by atoms with Crippen LogP contribution in [0, 0.1) is 17.8 Å². The summed E-state index contributed by atoms with van der Waals surface area (Å²) in [7, 11) is 1.61. The molecule has 4 unspecified atom stereocenters. The number of carbonyl (C=O) groups excluding carboxylic acids is 2. The van der Waals surface area contributed by atoms with Crippen LogP contribution < -0.4 is 15.0 Å². The molecule has 0 aliphatic carbocycles. The molecule has 30 heavy (non-hydrogen) atoms. The number of benzene rings is 1. The Morgan fingerprint density at radius 1 is 1.33 bits per heavy atom. The summed E-state index contributed by atoms with van der Waals surface area (Å²) in [5.41, 5.74) is 0.0538. The van der Waals surface area contributed by atoms with E-state index in [4.69, 9.17) is 9.47 Å². The molecule has 0 radical (unpaired) electrons. The van der Waals surface area contributed by atoms with Crippen molar-refractivity contribution < 1.29 is 19.1 Å². The van der Waals surface area contributed by atoms with E-state index in [-0.39, 0.29) is 24.0 Å². The average molecular weight is 413 g/mol. The molecule has 0 aromatic heterocycles. The number of hydrogen-bond donors (Lipinski definition) is 1. The Hall–Kier alpha value is -2.34. The van der Waals surface area contributed by atoms with Crippen LogP contribution in [0.1, 0.15) is 40.0 Å². The monoisotopic (exact) mass is 412 g/mol. The smallest absolute Gasteiger partial charge is 0.234 e. The number of nitrogens with one attached hydrogen (secondary N) is 1. The first-order chi connectivity index (χ1) is 14.3. The van der Waals surface area contributed by atoms with E-state index in [1.807, 2.05) is 43.3 Å². The summed E-state index contributed by atoms with van der Waals surface area (Å²) < 4.78 is 11.5. The van der Waals surface area contributed by atoms with Crippen LogP contribution in [0.5, 0.6) is 5.75 Å². The van der Waals surface area contributed by atoms with Gasteiger partial charge in [0.25, 0.3) is 0 Å². The van der Waals surface area contributed by atoms with Gasteiger partial charge in [-0.25, -0.2) is 0 Å². The fourth-order valence-electron chi connectivity index (χ4n) is 5.04. The largest absolute Gasteiger partial charge is 0.497 e. The summed E-state index contributed by atoms with van der Waals surface area (Å²) in [4.78, 5) is 28.3. The summed E-state index contributed by atoms with van der Waals surface area (Å²) >= 11 is 0. The second-order valence-electron chi connectivity index (χ2n) is 9.26. The third-order valence-electron chi connectivity index (χ3n) is 6.58. The van der Waals surface area contributed by atoms with Crippen molar-refractivity contribution >= 4 is 17.5 Å². The van der Waals surface area contributed by atoms with E-state index < -0.39 is 17.4 Å². The van der Waals surface area contributed by atoms with Gasteiger partial charge in [0.2, 0.25) is 11.8 Å². The number of rotatable bonds is 8. The fourth-order valence-corrected chi connectivity index (χ4v) is 5.04. The molecule has 6 nitrogen and oxygen atoms in total. The lowest BCUT2D eigenvalue weighted by Gasteiger charge is -2.25. The fraction of sp³-hybridized carbons (Fsp3) is 0.583. The Morgan fingerprint density at radius 2 is 2.13 bits per heavy atom. The highest BCUT2D eigenvalue weighted by Gasteiger charge is 2.67. The van der Waals surface area contributed by atoms with Crippen molar-refractivity contribution in [3.05, 3.63) is 36.4 Å². The van der Waals surface area contributed by atoms with Crippen LogP contribution >= 0.6 is 0 Å². The van der Waals surface area contributed by atoms with Gasteiger partial charge in [-0.3, -0.25) is 9.59 Å². The summed E-state index contributed by atoms with van der Waals surface area (Å²) in [6, 6.07) is 7.53. The van der Waals surface area contributed by atoms with E-state index in [1.165, 1.54) is 0 Å². The first-order valence-electron chi connectivity index (χ1n) is 11.0. The molecule has 1 aromatic rings. The lowest BCUT2D eigenvalue weighted by molar-refractivity contribution is -0.132. The Morgan fingerprint density at radius 3 is 2.87 bits per heavy atom. The highest BCUT2D eigenvalue weighted by Crippen LogP contribution is 2.52. The van der Waals surface area contributed by atoms with E-state index in [1.54, 1.807) is 12.0 Å². The van der Waals surface area contributed by atoms with Crippen molar-refractivity contribution in [2.75, 3.05) is 18.6 Å². The van der Waals surface area contributed by atoms with Crippen LogP contribution in [0.2, 0.25) is 0 Å². The Labute approximate surface area is 178 Å². The molecule has 3 aliphatic rings. The quantitative estimate of drug-likeness (QED) is 0.665. The van der Waals surface area contributed by atoms with Gasteiger partial charge < -0.3 is 19.7 Å². The van der Waals surface area contributed by atoms with E-state index in [0.29, 0.717) is 18.2 Å². The van der Waals surface area contributed by atoms with E-state index in [9.17, 15) is 9.59 Å². The van der Waals surface area contributed by atoms with Gasteiger partial charge in [0, 0.05) is 17.8 Å². The summed E-state index contributed by atoms with van der Waals surface area (Å²) in [6.07, 6.45) is 6.78. The lowest BCUT2D eigenvalue weighted by atomic mass is 9.76. The van der Waals surface area contributed by atoms with Crippen molar-refractivity contribution in [3.8, 4) is 5.75 Å². The van der Waals surface area contributed by atoms with Crippen LogP contribution in [-0.4, -0.2) is 43.2 Å². The zero-order valence-electron chi connectivity index (χ0n) is 18.3. The Balaban J connectivity index is 1.48. The Kier molecular flexibility index (Phi) is 5.62. The predicted molar refractivity (Wildman–Crippen MR) is 115 cm³/mol. The van der Waals surface area contributed by atoms with Gasteiger partial charge in [-0.15, -0.1) is 0 Å². The van der Waals surface area contributed by atoms with E-state index in [0.717, 1.165) is 24.9 Å². The molecule has 2 saturated heterocycles. The van der Waals surface area contributed by atoms with Crippen LogP contribution in [0.4, 0.5) is 5.69 Å². The first-order valence-corrected chi connectivity index (χ1v) is 11.0. The maximum absolute atomic E-state index is 13.4. The molecular formula is C24H32N2O4. The van der Waals surface area contributed by atoms with Crippen molar-refractivity contribution in [1.82, 2.24) is 5.32 Å². The molecule has 6 heteroatoms. The number of nitrogens with zero attached hydrogens (tertiary/aromatic N) is 1. The van der Waals surface area contributed by atoms with Crippen molar-refractivity contribution in [1.29, 1.82) is 0 Å². The standard InChI is InChI=1S/C24H32N2O4/c1-15(2)7-5-8-16(3)25-22(27)20-19-11-12-24(30-19)14-26(23(28)21(20)24)17-9-6-10-18(13-17)29-4/h6,9-13,15-16,19-21H,5,7-8,14H2,1-4H3,(H,25,27)/t16?,19?,20?,21?,24-/m1/s1. The van der Waals surface area contributed by atoms with Crippen molar-refractivity contribution in [3.63, 3.8) is 0 Å². The minimum absolute atomic E-state index is 0.0530. The van der Waals surface area contributed by atoms with Crippen LogP contribution in [0.3, 0.4) is 0 Å². The van der Waals surface area contributed by atoms with E-state index >= 15 is 0 Å². The SMILES string of the molecule is COc1cccc(N2C[C@@]34C=CC(O3)C(C(=O)NC(C)CCCC(C)C)C4C2=O)c1. The maximum Gasteiger partial charge on any atom is 0.234 e. The highest BCUT2D eigenvalue weighted by molar-refractivity contribution is 6.03. The van der Waals surface area contributed by atoms with Gasteiger partial charge >= 0.3 is 0 Å². The zero-order valence-corrected chi connectivity index (χ0v) is 18.3. The molecule has 3 heterocycles. The average Bonchev–Trinajstić information content (AvgIpc) is 3.36. The second-order valence-corrected chi connectivity index (χ2v) is 9.26. The summed E-state index contributed by atoms with van der Waals surface area (Å²) in [6.45, 7) is 6.88. The molecule has 2 amide bonds. The first kappa shape index (κ1) is 20.9. The van der Waals surface area contributed by atoms with Gasteiger partial charge in [-0.2, -0.15) is 0 Å². The van der Waals surface area contributed by atoms with Crippen LogP contribution in [-0.2, 0) is 14.3 Å². The van der Waals surface area contributed by atoms with Crippen molar-refractivity contribution in [2.24, 2.45) is 17.8 Å². The lowest BCUT2D eigenvalue weighted by Crippen LogP contribution is -2.46. The molecule has 1 N–H and O–H groups in total. The van der Waals surface area contributed by atoms with Crippen LogP contribution in [0.15, 0.2) is 36.4 Å². The number of ether oxygens (including phenoxy) is 2. The zero-order chi connectivity index (χ0) is 21.5. The molecule has 2 bridgehead atoms. The summed E-state index contributed by atoms with van der Waals surface area (Å²) in [5.74, 6) is 0.264. The Bertz CT molecular complexity index is 851. The molecule has 2 fully saturated rings. The van der Waals surface area contributed by atoms with Gasteiger partial charge in [-0.1, -0.05) is 44.9 Å². The normalized spacial score (nSPS) is 30.1. The minimum atomic E-state index is -0.715. The molecule has 162 valence electrons. The number of amides is 2. The minimum Gasteiger partial charge on any atom is -0.497 e. The van der Waals surface area contributed by atoms with Crippen molar-refractivity contribution in [2.45, 2.75) is 57.8 Å². The predicted octanol–water partition coefficient (Wildman–Crippen LogP) is 3.31. The van der Waals surface area contributed by atoms with Crippen LogP contribution in [0.25, 0.3) is 0 Å². The summed E-state index contributed by atoms with van der Waals surface area (Å²) in [5, 5.41) is 3.14. The molecular weight excluding hydrogens is 380 g/mol. The van der Waals surface area contributed by atoms with Gasteiger partial charge in [-0.05, 0) is 31.4 Å². The molecule has 0 saturated carbocycles. The molecule has 4 rings (SSSR count). The number of hydrogen-bond acceptors (Lipinski definition) is 4. The van der Waals surface area contributed by atoms with Gasteiger partial charge in [0.15, 0.2) is 0 Å². The maximum atomic E-state index is 13.4. The number of anilines is 1. The highest BCUT2D eigenvalue weighted by atomic mass is 16.5. The number of methoxy groups -OCH3 is 1. The molecule has 3 aliphatic heterocycles. The molecule has 5 atom stereocenters. The topological polar surface area (TPSA) is 67.9 Å². The van der Waals surface area contributed by atoms with E-state index in [2.05, 4.69) is 19.2 Å². The third kappa shape index (κ3) is 3.62. The van der Waals surface area contributed by atoms with Gasteiger partial charge in [0.05, 0.1) is 31.6 Å². The number of carbonyl (C=O) groups is 2. The number of fused-ring (bicyclic) bond motifs is 1.